The Labute approximate surface area is 304 Å². The summed E-state index contributed by atoms with van der Waals surface area (Å²) in [4.78, 5) is 20.5. The number of fused-ring (bicyclic) bond motifs is 4. The minimum absolute atomic E-state index is 0.606. The second-order valence-corrected chi connectivity index (χ2v) is 13.7. The highest BCUT2D eigenvalue weighted by Gasteiger charge is 2.21. The minimum Gasteiger partial charge on any atom is -0.309 e. The Balaban J connectivity index is 1.28. The van der Waals surface area contributed by atoms with E-state index in [1.54, 1.807) is 11.3 Å². The molecule has 0 amide bonds. The van der Waals surface area contributed by atoms with Crippen molar-refractivity contribution in [1.29, 1.82) is 0 Å². The molecule has 0 saturated carbocycles. The van der Waals surface area contributed by atoms with Gasteiger partial charge in [-0.15, -0.1) is 11.3 Å². The van der Waals surface area contributed by atoms with Crippen LogP contribution in [0.5, 0.6) is 0 Å². The molecule has 0 spiro atoms. The summed E-state index contributed by atoms with van der Waals surface area (Å²) < 4.78 is 3.51. The van der Waals surface area contributed by atoms with Crippen molar-refractivity contribution >= 4 is 43.4 Å². The smallest absolute Gasteiger partial charge is 0.164 e. The van der Waals surface area contributed by atoms with E-state index in [0.29, 0.717) is 17.5 Å². The monoisotopic (exact) mass is 683 g/mol. The first-order chi connectivity index (χ1) is 25.8. The van der Waals surface area contributed by atoms with E-state index in [4.69, 9.17) is 19.9 Å². The van der Waals surface area contributed by atoms with Gasteiger partial charge in [0.1, 0.15) is 5.01 Å². The summed E-state index contributed by atoms with van der Waals surface area (Å²) in [5.41, 5.74) is 10.3. The van der Waals surface area contributed by atoms with E-state index < -0.39 is 0 Å². The Morgan fingerprint density at radius 3 is 1.75 bits per heavy atom. The molecule has 0 bridgehead atoms. The number of nitrogens with zero attached hydrogens (tertiary/aromatic N) is 5. The van der Waals surface area contributed by atoms with Gasteiger partial charge < -0.3 is 4.57 Å². The lowest BCUT2D eigenvalue weighted by Crippen LogP contribution is -2.01. The molecule has 6 heteroatoms. The Kier molecular flexibility index (Phi) is 7.25. The molecule has 0 radical (unpaired) electrons. The highest BCUT2D eigenvalue weighted by atomic mass is 32.1. The van der Waals surface area contributed by atoms with Gasteiger partial charge in [-0.2, -0.15) is 0 Å². The lowest BCUT2D eigenvalue weighted by Gasteiger charge is -2.15. The predicted molar refractivity (Wildman–Crippen MR) is 215 cm³/mol. The molecule has 0 aliphatic heterocycles. The average molecular weight is 684 g/mol. The van der Waals surface area contributed by atoms with E-state index in [9.17, 15) is 0 Å². The van der Waals surface area contributed by atoms with Gasteiger partial charge in [0.25, 0.3) is 0 Å². The number of benzene rings is 7. The molecule has 0 unspecified atom stereocenters. The van der Waals surface area contributed by atoms with Crippen molar-refractivity contribution in [2.75, 3.05) is 0 Å². The largest absolute Gasteiger partial charge is 0.309 e. The van der Waals surface area contributed by atoms with E-state index >= 15 is 0 Å². The molecule has 0 saturated heterocycles. The van der Waals surface area contributed by atoms with Gasteiger partial charge in [-0.25, -0.2) is 19.9 Å². The molecule has 10 aromatic rings. The molecular formula is C46H29N5S. The molecule has 10 rings (SSSR count). The molecular weight excluding hydrogens is 655 g/mol. The van der Waals surface area contributed by atoms with Crippen molar-refractivity contribution in [2.24, 2.45) is 0 Å². The van der Waals surface area contributed by atoms with E-state index in [1.807, 2.05) is 66.7 Å². The van der Waals surface area contributed by atoms with Crippen LogP contribution in [0.1, 0.15) is 0 Å². The zero-order valence-electron chi connectivity index (χ0n) is 27.9. The van der Waals surface area contributed by atoms with E-state index in [1.165, 1.54) is 10.8 Å². The maximum absolute atomic E-state index is 5.21. The topological polar surface area (TPSA) is 56.5 Å². The summed E-state index contributed by atoms with van der Waals surface area (Å²) >= 11 is 1.69. The van der Waals surface area contributed by atoms with Crippen LogP contribution in [0.15, 0.2) is 176 Å². The number of para-hydroxylation sites is 3. The quantitative estimate of drug-likeness (QED) is 0.175. The van der Waals surface area contributed by atoms with E-state index in [2.05, 4.69) is 114 Å². The van der Waals surface area contributed by atoms with Gasteiger partial charge in [0.15, 0.2) is 17.5 Å². The summed E-state index contributed by atoms with van der Waals surface area (Å²) in [5.74, 6) is 1.86. The van der Waals surface area contributed by atoms with Crippen LogP contribution in [0.4, 0.5) is 0 Å². The van der Waals surface area contributed by atoms with Gasteiger partial charge in [-0.3, -0.25) is 0 Å². The van der Waals surface area contributed by atoms with Crippen LogP contribution < -0.4 is 0 Å². The average Bonchev–Trinajstić information content (AvgIpc) is 3.81. The van der Waals surface area contributed by atoms with Gasteiger partial charge in [0, 0.05) is 38.7 Å². The van der Waals surface area contributed by atoms with Crippen molar-refractivity contribution in [2.45, 2.75) is 0 Å². The van der Waals surface area contributed by atoms with E-state index in [0.717, 1.165) is 65.3 Å². The number of aromatic nitrogens is 5. The number of hydrogen-bond acceptors (Lipinski definition) is 5. The molecule has 3 heterocycles. The molecule has 5 nitrogen and oxygen atoms in total. The fourth-order valence-corrected chi connectivity index (χ4v) is 8.08. The molecule has 3 aromatic heterocycles. The normalized spacial score (nSPS) is 11.5. The number of rotatable bonds is 6. The van der Waals surface area contributed by atoms with Gasteiger partial charge in [-0.05, 0) is 53.6 Å². The third-order valence-electron chi connectivity index (χ3n) is 9.50. The van der Waals surface area contributed by atoms with Crippen molar-refractivity contribution in [3.8, 4) is 61.5 Å². The molecule has 52 heavy (non-hydrogen) atoms. The fraction of sp³-hybridized carbons (Fsp3) is 0. The summed E-state index contributed by atoms with van der Waals surface area (Å²) in [6.45, 7) is 0. The zero-order chi connectivity index (χ0) is 34.4. The van der Waals surface area contributed by atoms with Crippen LogP contribution in [-0.2, 0) is 0 Å². The fourth-order valence-electron chi connectivity index (χ4n) is 7.12. The third-order valence-corrected chi connectivity index (χ3v) is 10.6. The standard InChI is InChI=1S/C46H29N5S/c1-4-15-30(16-5-1)43-48-44(31-17-6-2-7-18-31)50-45(49-43)37-29-32(46-47-38-23-11-13-26-41(38)52-46)27-28-34(37)35-22-14-25-40-42(35)36-21-10-12-24-39(36)51(40)33-19-8-3-9-20-33/h1-29H. The Morgan fingerprint density at radius 2 is 1.02 bits per heavy atom. The lowest BCUT2D eigenvalue weighted by atomic mass is 9.93. The molecule has 244 valence electrons. The van der Waals surface area contributed by atoms with Gasteiger partial charge in [0.2, 0.25) is 0 Å². The van der Waals surface area contributed by atoms with Crippen LogP contribution in [0.2, 0.25) is 0 Å². The molecule has 0 atom stereocenters. The molecule has 7 aromatic carbocycles. The first kappa shape index (κ1) is 30.1. The first-order valence-electron chi connectivity index (χ1n) is 17.2. The van der Waals surface area contributed by atoms with Gasteiger partial charge in [0.05, 0.1) is 21.3 Å². The van der Waals surface area contributed by atoms with Crippen LogP contribution in [0.3, 0.4) is 0 Å². The second-order valence-electron chi connectivity index (χ2n) is 12.7. The second kappa shape index (κ2) is 12.5. The summed E-state index contributed by atoms with van der Waals surface area (Å²) in [7, 11) is 0. The van der Waals surface area contributed by atoms with Crippen LogP contribution >= 0.6 is 11.3 Å². The number of hydrogen-bond donors (Lipinski definition) is 0. The molecule has 0 fully saturated rings. The summed E-state index contributed by atoms with van der Waals surface area (Å²) in [6.07, 6.45) is 0. The van der Waals surface area contributed by atoms with Gasteiger partial charge >= 0.3 is 0 Å². The number of thiazole rings is 1. The third kappa shape index (κ3) is 5.16. The van der Waals surface area contributed by atoms with Crippen molar-refractivity contribution in [1.82, 2.24) is 24.5 Å². The first-order valence-corrected chi connectivity index (χ1v) is 18.1. The van der Waals surface area contributed by atoms with E-state index in [-0.39, 0.29) is 0 Å². The zero-order valence-corrected chi connectivity index (χ0v) is 28.7. The molecule has 0 aliphatic carbocycles. The van der Waals surface area contributed by atoms with Crippen molar-refractivity contribution < 1.29 is 0 Å². The Hall–Kier alpha value is -6.76. The Morgan fingerprint density at radius 1 is 0.404 bits per heavy atom. The Bertz CT molecular complexity index is 2810. The molecule has 0 N–H and O–H groups in total. The van der Waals surface area contributed by atoms with Crippen molar-refractivity contribution in [3.63, 3.8) is 0 Å². The maximum Gasteiger partial charge on any atom is 0.164 e. The van der Waals surface area contributed by atoms with Crippen molar-refractivity contribution in [3.05, 3.63) is 176 Å². The predicted octanol–water partition coefficient (Wildman–Crippen LogP) is 11.9. The van der Waals surface area contributed by atoms with Crippen LogP contribution in [0.25, 0.3) is 93.6 Å². The minimum atomic E-state index is 0.606. The SMILES string of the molecule is c1ccc(-c2nc(-c3ccccc3)nc(-c3cc(-c4nc5ccccc5s4)ccc3-c3cccc4c3c3ccccc3n4-c3ccccc3)n2)cc1. The summed E-state index contributed by atoms with van der Waals surface area (Å²) in [5, 5.41) is 3.31. The summed E-state index contributed by atoms with van der Waals surface area (Å²) in [6, 6.07) is 61.0. The van der Waals surface area contributed by atoms with Crippen LogP contribution in [-0.4, -0.2) is 24.5 Å². The lowest BCUT2D eigenvalue weighted by molar-refractivity contribution is 1.07. The van der Waals surface area contributed by atoms with Crippen LogP contribution in [0, 0.1) is 0 Å². The maximum atomic E-state index is 5.21. The highest BCUT2D eigenvalue weighted by Crippen LogP contribution is 2.43. The van der Waals surface area contributed by atoms with Gasteiger partial charge in [-0.1, -0.05) is 133 Å². The highest BCUT2D eigenvalue weighted by molar-refractivity contribution is 7.21. The molecule has 0 aliphatic rings.